The van der Waals surface area contributed by atoms with Crippen molar-refractivity contribution in [2.75, 3.05) is 13.1 Å². The lowest BCUT2D eigenvalue weighted by Crippen LogP contribution is -2.40. The van der Waals surface area contributed by atoms with Crippen molar-refractivity contribution in [1.82, 2.24) is 20.4 Å². The molecule has 2 aromatic heterocycles. The third kappa shape index (κ3) is 4.72. The molecule has 25 heavy (non-hydrogen) atoms. The van der Waals surface area contributed by atoms with Crippen LogP contribution in [0.3, 0.4) is 0 Å². The summed E-state index contributed by atoms with van der Waals surface area (Å²) in [6.45, 7) is 9.57. The number of aromatic amines is 1. The van der Waals surface area contributed by atoms with E-state index in [9.17, 15) is 4.79 Å². The van der Waals surface area contributed by atoms with Gasteiger partial charge in [0.1, 0.15) is 5.76 Å². The van der Waals surface area contributed by atoms with Gasteiger partial charge >= 0.3 is 0 Å². The first kappa shape index (κ1) is 17.7. The quantitative estimate of drug-likeness (QED) is 0.875. The number of likely N-dealkylation sites (tertiary alicyclic amines) is 1. The number of furan rings is 1. The molecule has 3 heterocycles. The van der Waals surface area contributed by atoms with Gasteiger partial charge in [0, 0.05) is 11.3 Å². The SMILES string of the molecule is CC(C)(C)c1cc(CNC(=O)C2CCN(Cc3ccco3)CC2)[nH]n1. The number of carbonyl (C=O) groups excluding carboxylic acids is 1. The summed E-state index contributed by atoms with van der Waals surface area (Å²) in [5.74, 6) is 1.22. The van der Waals surface area contributed by atoms with Crippen LogP contribution < -0.4 is 5.32 Å². The maximum atomic E-state index is 12.4. The normalized spacial score (nSPS) is 16.9. The van der Waals surface area contributed by atoms with Crippen molar-refractivity contribution in [2.45, 2.75) is 52.1 Å². The average Bonchev–Trinajstić information content (AvgIpc) is 3.24. The molecule has 0 bridgehead atoms. The number of H-pyrrole nitrogens is 1. The fourth-order valence-electron chi connectivity index (χ4n) is 3.14. The van der Waals surface area contributed by atoms with Crippen LogP contribution in [0.25, 0.3) is 0 Å². The van der Waals surface area contributed by atoms with Crippen molar-refractivity contribution in [3.63, 3.8) is 0 Å². The minimum absolute atomic E-state index is 0.0135. The summed E-state index contributed by atoms with van der Waals surface area (Å²) >= 11 is 0. The van der Waals surface area contributed by atoms with Crippen molar-refractivity contribution >= 4 is 5.91 Å². The second-order valence-electron chi connectivity index (χ2n) is 7.88. The van der Waals surface area contributed by atoms with Gasteiger partial charge in [-0.2, -0.15) is 5.10 Å². The second kappa shape index (κ2) is 7.44. The molecule has 0 aliphatic carbocycles. The molecule has 6 heteroatoms. The molecule has 1 saturated heterocycles. The lowest BCUT2D eigenvalue weighted by atomic mass is 9.92. The zero-order valence-corrected chi connectivity index (χ0v) is 15.3. The van der Waals surface area contributed by atoms with Crippen molar-refractivity contribution < 1.29 is 9.21 Å². The summed E-state index contributed by atoms with van der Waals surface area (Å²) in [6.07, 6.45) is 3.49. The Hall–Kier alpha value is -2.08. The Morgan fingerprint density at radius 3 is 2.76 bits per heavy atom. The predicted octanol–water partition coefficient (Wildman–Crippen LogP) is 2.83. The second-order valence-corrected chi connectivity index (χ2v) is 7.88. The van der Waals surface area contributed by atoms with Crippen molar-refractivity contribution in [2.24, 2.45) is 5.92 Å². The minimum Gasteiger partial charge on any atom is -0.468 e. The van der Waals surface area contributed by atoms with Crippen LogP contribution in [0.15, 0.2) is 28.9 Å². The van der Waals surface area contributed by atoms with Gasteiger partial charge in [-0.05, 0) is 44.1 Å². The molecule has 1 aliphatic rings. The highest BCUT2D eigenvalue weighted by Gasteiger charge is 2.25. The van der Waals surface area contributed by atoms with E-state index in [1.165, 1.54) is 0 Å². The van der Waals surface area contributed by atoms with E-state index >= 15 is 0 Å². The Kier molecular flexibility index (Phi) is 5.27. The van der Waals surface area contributed by atoms with Crippen LogP contribution in [0.5, 0.6) is 0 Å². The van der Waals surface area contributed by atoms with Gasteiger partial charge < -0.3 is 9.73 Å². The van der Waals surface area contributed by atoms with E-state index in [2.05, 4.69) is 41.2 Å². The van der Waals surface area contributed by atoms with Crippen LogP contribution in [0, 0.1) is 5.92 Å². The molecule has 0 aromatic carbocycles. The van der Waals surface area contributed by atoms with Gasteiger partial charge in [-0.3, -0.25) is 14.8 Å². The van der Waals surface area contributed by atoms with E-state index in [0.717, 1.165) is 49.6 Å². The lowest BCUT2D eigenvalue weighted by molar-refractivity contribution is -0.126. The fraction of sp³-hybridized carbons (Fsp3) is 0.579. The molecule has 0 unspecified atom stereocenters. The molecule has 2 N–H and O–H groups in total. The highest BCUT2D eigenvalue weighted by molar-refractivity contribution is 5.78. The van der Waals surface area contributed by atoms with Crippen LogP contribution in [0.4, 0.5) is 0 Å². The minimum atomic E-state index is 0.0135. The summed E-state index contributed by atoms with van der Waals surface area (Å²) in [5, 5.41) is 10.4. The number of nitrogens with one attached hydrogen (secondary N) is 2. The first-order chi connectivity index (χ1) is 11.9. The van der Waals surface area contributed by atoms with Gasteiger partial charge in [-0.1, -0.05) is 20.8 Å². The monoisotopic (exact) mass is 344 g/mol. The van der Waals surface area contributed by atoms with Gasteiger partial charge in [0.05, 0.1) is 30.7 Å². The number of aromatic nitrogens is 2. The zero-order valence-electron chi connectivity index (χ0n) is 15.3. The Morgan fingerprint density at radius 2 is 2.16 bits per heavy atom. The first-order valence-corrected chi connectivity index (χ1v) is 8.99. The molecule has 2 aromatic rings. The molecule has 136 valence electrons. The molecule has 0 atom stereocenters. The number of nitrogens with zero attached hydrogens (tertiary/aromatic N) is 2. The Labute approximate surface area is 149 Å². The van der Waals surface area contributed by atoms with Crippen molar-refractivity contribution in [1.29, 1.82) is 0 Å². The van der Waals surface area contributed by atoms with E-state index in [1.54, 1.807) is 6.26 Å². The highest BCUT2D eigenvalue weighted by atomic mass is 16.3. The molecule has 1 aliphatic heterocycles. The molecule has 3 rings (SSSR count). The van der Waals surface area contributed by atoms with E-state index in [0.29, 0.717) is 6.54 Å². The van der Waals surface area contributed by atoms with Crippen molar-refractivity contribution in [3.8, 4) is 0 Å². The molecule has 1 fully saturated rings. The summed E-state index contributed by atoms with van der Waals surface area (Å²) < 4.78 is 5.39. The molecule has 0 radical (unpaired) electrons. The van der Waals surface area contributed by atoms with Crippen LogP contribution >= 0.6 is 0 Å². The number of amides is 1. The summed E-state index contributed by atoms with van der Waals surface area (Å²) in [5.41, 5.74) is 1.98. The van der Waals surface area contributed by atoms with Gasteiger partial charge in [-0.15, -0.1) is 0 Å². The predicted molar refractivity (Wildman–Crippen MR) is 95.8 cm³/mol. The summed E-state index contributed by atoms with van der Waals surface area (Å²) in [7, 11) is 0. The molecular formula is C19H28N4O2. The smallest absolute Gasteiger partial charge is 0.223 e. The van der Waals surface area contributed by atoms with Gasteiger partial charge in [-0.25, -0.2) is 0 Å². The van der Waals surface area contributed by atoms with Gasteiger partial charge in [0.2, 0.25) is 5.91 Å². The fourth-order valence-corrected chi connectivity index (χ4v) is 3.14. The van der Waals surface area contributed by atoms with Crippen LogP contribution in [0.2, 0.25) is 0 Å². The first-order valence-electron chi connectivity index (χ1n) is 8.99. The summed E-state index contributed by atoms with van der Waals surface area (Å²) in [6, 6.07) is 5.94. The maximum Gasteiger partial charge on any atom is 0.223 e. The van der Waals surface area contributed by atoms with E-state index < -0.39 is 0 Å². The topological polar surface area (TPSA) is 74.2 Å². The molecular weight excluding hydrogens is 316 g/mol. The van der Waals surface area contributed by atoms with E-state index in [4.69, 9.17) is 4.42 Å². The van der Waals surface area contributed by atoms with Crippen LogP contribution in [-0.4, -0.2) is 34.1 Å². The third-order valence-electron chi connectivity index (χ3n) is 4.77. The third-order valence-corrected chi connectivity index (χ3v) is 4.77. The highest BCUT2D eigenvalue weighted by Crippen LogP contribution is 2.21. The van der Waals surface area contributed by atoms with Gasteiger partial charge in [0.25, 0.3) is 0 Å². The van der Waals surface area contributed by atoms with E-state index in [-0.39, 0.29) is 17.2 Å². The molecule has 0 spiro atoms. The number of carbonyl (C=O) groups is 1. The Morgan fingerprint density at radius 1 is 1.40 bits per heavy atom. The van der Waals surface area contributed by atoms with E-state index in [1.807, 2.05) is 18.2 Å². The Balaban J connectivity index is 1.43. The number of rotatable bonds is 5. The van der Waals surface area contributed by atoms with Gasteiger partial charge in [0.15, 0.2) is 0 Å². The summed E-state index contributed by atoms with van der Waals surface area (Å²) in [4.78, 5) is 14.8. The Bertz CT molecular complexity index is 677. The molecule has 6 nitrogen and oxygen atoms in total. The molecule has 0 saturated carbocycles. The maximum absolute atomic E-state index is 12.4. The van der Waals surface area contributed by atoms with Crippen LogP contribution in [-0.2, 0) is 23.3 Å². The average molecular weight is 344 g/mol. The van der Waals surface area contributed by atoms with Crippen molar-refractivity contribution in [3.05, 3.63) is 41.6 Å². The zero-order chi connectivity index (χ0) is 17.9. The number of piperidine rings is 1. The lowest BCUT2D eigenvalue weighted by Gasteiger charge is -2.30. The standard InChI is InChI=1S/C19H28N4O2/c1-19(2,3)17-11-15(21-22-17)12-20-18(24)14-6-8-23(9-7-14)13-16-5-4-10-25-16/h4-5,10-11,14H,6-9,12-13H2,1-3H3,(H,20,24)(H,21,22). The number of hydrogen-bond acceptors (Lipinski definition) is 4. The largest absolute Gasteiger partial charge is 0.468 e. The van der Waals surface area contributed by atoms with Crippen LogP contribution in [0.1, 0.15) is 50.8 Å². The molecule has 1 amide bonds. The number of hydrogen-bond donors (Lipinski definition) is 2.